The van der Waals surface area contributed by atoms with Gasteiger partial charge in [-0.15, -0.1) is 0 Å². The van der Waals surface area contributed by atoms with Gasteiger partial charge in [0.25, 0.3) is 0 Å². The Morgan fingerprint density at radius 3 is 2.30 bits per heavy atom. The maximum absolute atomic E-state index is 12.8. The SMILES string of the molecule is CN(CCC(=O)O)Cc1ccc(OCc2ccc(F)cc2)cc1. The number of halogens is 1. The molecule has 0 heterocycles. The zero-order chi connectivity index (χ0) is 16.7. The van der Waals surface area contributed by atoms with E-state index in [1.165, 1.54) is 12.1 Å². The number of ether oxygens (including phenoxy) is 1. The van der Waals surface area contributed by atoms with E-state index in [0.29, 0.717) is 19.7 Å². The maximum atomic E-state index is 12.8. The first-order valence-electron chi connectivity index (χ1n) is 7.39. The zero-order valence-corrected chi connectivity index (χ0v) is 13.0. The largest absolute Gasteiger partial charge is 0.489 e. The summed E-state index contributed by atoms with van der Waals surface area (Å²) in [5, 5.41) is 8.67. The van der Waals surface area contributed by atoms with Gasteiger partial charge in [-0.25, -0.2) is 4.39 Å². The van der Waals surface area contributed by atoms with Crippen molar-refractivity contribution in [3.63, 3.8) is 0 Å². The molecular formula is C18H20FNO3. The Morgan fingerprint density at radius 2 is 1.70 bits per heavy atom. The summed E-state index contributed by atoms with van der Waals surface area (Å²) < 4.78 is 18.5. The van der Waals surface area contributed by atoms with Crippen LogP contribution in [0.4, 0.5) is 4.39 Å². The summed E-state index contributed by atoms with van der Waals surface area (Å²) >= 11 is 0. The number of hydrogen-bond donors (Lipinski definition) is 1. The van der Waals surface area contributed by atoms with E-state index in [9.17, 15) is 9.18 Å². The summed E-state index contributed by atoms with van der Waals surface area (Å²) in [6.45, 7) is 1.59. The van der Waals surface area contributed by atoms with Crippen LogP contribution in [-0.4, -0.2) is 29.6 Å². The van der Waals surface area contributed by atoms with Crippen LogP contribution in [0.3, 0.4) is 0 Å². The van der Waals surface area contributed by atoms with Gasteiger partial charge < -0.3 is 14.7 Å². The summed E-state index contributed by atoms with van der Waals surface area (Å²) in [6, 6.07) is 13.9. The predicted octanol–water partition coefficient (Wildman–Crippen LogP) is 3.31. The molecule has 4 nitrogen and oxygen atoms in total. The third-order valence-corrected chi connectivity index (χ3v) is 3.40. The summed E-state index contributed by atoms with van der Waals surface area (Å²) in [7, 11) is 1.89. The molecule has 0 aliphatic heterocycles. The van der Waals surface area contributed by atoms with Crippen molar-refractivity contribution in [1.82, 2.24) is 4.90 Å². The monoisotopic (exact) mass is 317 g/mol. The second-order valence-corrected chi connectivity index (χ2v) is 5.44. The van der Waals surface area contributed by atoms with Crippen molar-refractivity contribution >= 4 is 5.97 Å². The fourth-order valence-electron chi connectivity index (χ4n) is 2.12. The Balaban J connectivity index is 1.82. The van der Waals surface area contributed by atoms with E-state index in [-0.39, 0.29) is 12.2 Å². The molecular weight excluding hydrogens is 297 g/mol. The average Bonchev–Trinajstić information content (AvgIpc) is 2.54. The Hall–Kier alpha value is -2.40. The van der Waals surface area contributed by atoms with Crippen LogP contribution in [-0.2, 0) is 17.9 Å². The quantitative estimate of drug-likeness (QED) is 0.811. The molecule has 0 saturated heterocycles. The maximum Gasteiger partial charge on any atom is 0.304 e. The molecule has 0 aliphatic carbocycles. The molecule has 2 rings (SSSR count). The molecule has 0 amide bonds. The van der Waals surface area contributed by atoms with Gasteiger partial charge >= 0.3 is 5.97 Å². The van der Waals surface area contributed by atoms with Gasteiger partial charge in [0, 0.05) is 13.1 Å². The predicted molar refractivity (Wildman–Crippen MR) is 85.8 cm³/mol. The van der Waals surface area contributed by atoms with E-state index in [1.807, 2.05) is 36.2 Å². The van der Waals surface area contributed by atoms with Crippen LogP contribution < -0.4 is 4.74 Å². The van der Waals surface area contributed by atoms with Crippen molar-refractivity contribution in [2.24, 2.45) is 0 Å². The highest BCUT2D eigenvalue weighted by Gasteiger charge is 2.04. The van der Waals surface area contributed by atoms with Gasteiger partial charge in [-0.05, 0) is 42.4 Å². The van der Waals surface area contributed by atoms with Crippen molar-refractivity contribution in [3.8, 4) is 5.75 Å². The van der Waals surface area contributed by atoms with Crippen LogP contribution in [0.25, 0.3) is 0 Å². The molecule has 23 heavy (non-hydrogen) atoms. The molecule has 0 aliphatic rings. The van der Waals surface area contributed by atoms with Crippen LogP contribution >= 0.6 is 0 Å². The molecule has 5 heteroatoms. The zero-order valence-electron chi connectivity index (χ0n) is 13.0. The molecule has 122 valence electrons. The molecule has 2 aromatic carbocycles. The highest BCUT2D eigenvalue weighted by molar-refractivity contribution is 5.66. The van der Waals surface area contributed by atoms with E-state index in [4.69, 9.17) is 9.84 Å². The summed E-state index contributed by atoms with van der Waals surface area (Å²) in [5.41, 5.74) is 2.00. The minimum absolute atomic E-state index is 0.134. The van der Waals surface area contributed by atoms with Crippen LogP contribution in [0.1, 0.15) is 17.5 Å². The highest BCUT2D eigenvalue weighted by Crippen LogP contribution is 2.15. The van der Waals surface area contributed by atoms with Gasteiger partial charge in [-0.3, -0.25) is 4.79 Å². The van der Waals surface area contributed by atoms with E-state index in [0.717, 1.165) is 16.9 Å². The van der Waals surface area contributed by atoms with Crippen molar-refractivity contribution in [1.29, 1.82) is 0 Å². The number of rotatable bonds is 8. The van der Waals surface area contributed by atoms with Crippen molar-refractivity contribution in [2.75, 3.05) is 13.6 Å². The van der Waals surface area contributed by atoms with Crippen molar-refractivity contribution in [2.45, 2.75) is 19.6 Å². The van der Waals surface area contributed by atoms with Gasteiger partial charge in [0.1, 0.15) is 18.2 Å². The van der Waals surface area contributed by atoms with Gasteiger partial charge in [-0.2, -0.15) is 0 Å². The lowest BCUT2D eigenvalue weighted by molar-refractivity contribution is -0.137. The molecule has 0 spiro atoms. The van der Waals surface area contributed by atoms with Gasteiger partial charge in [-0.1, -0.05) is 24.3 Å². The topological polar surface area (TPSA) is 49.8 Å². The van der Waals surface area contributed by atoms with E-state index in [2.05, 4.69) is 0 Å². The molecule has 0 fully saturated rings. The Bertz CT molecular complexity index is 626. The Kier molecular flexibility index (Phi) is 6.11. The average molecular weight is 317 g/mol. The fourth-order valence-corrected chi connectivity index (χ4v) is 2.12. The van der Waals surface area contributed by atoms with Gasteiger partial charge in [0.2, 0.25) is 0 Å². The number of nitrogens with zero attached hydrogens (tertiary/aromatic N) is 1. The number of benzene rings is 2. The first-order chi connectivity index (χ1) is 11.0. The lowest BCUT2D eigenvalue weighted by Gasteiger charge is -2.15. The molecule has 0 saturated carbocycles. The highest BCUT2D eigenvalue weighted by atomic mass is 19.1. The Morgan fingerprint density at radius 1 is 1.09 bits per heavy atom. The molecule has 0 bridgehead atoms. The Labute approximate surface area is 135 Å². The number of aliphatic carboxylic acids is 1. The smallest absolute Gasteiger partial charge is 0.304 e. The number of carboxylic acids is 1. The first-order valence-corrected chi connectivity index (χ1v) is 7.39. The van der Waals surface area contributed by atoms with Crippen LogP contribution in [0.2, 0.25) is 0 Å². The third kappa shape index (κ3) is 6.08. The molecule has 0 aromatic heterocycles. The van der Waals surface area contributed by atoms with Gasteiger partial charge in [0.05, 0.1) is 6.42 Å². The van der Waals surface area contributed by atoms with Crippen molar-refractivity contribution in [3.05, 3.63) is 65.5 Å². The summed E-state index contributed by atoms with van der Waals surface area (Å²) in [5.74, 6) is -0.308. The standard InChI is InChI=1S/C18H20FNO3/c1-20(11-10-18(21)22)12-14-4-8-17(9-5-14)23-13-15-2-6-16(19)7-3-15/h2-9H,10-13H2,1H3,(H,21,22). The summed E-state index contributed by atoms with van der Waals surface area (Å²) in [6.07, 6.45) is 0.134. The normalized spacial score (nSPS) is 10.7. The third-order valence-electron chi connectivity index (χ3n) is 3.40. The molecule has 0 unspecified atom stereocenters. The van der Waals surface area contributed by atoms with Gasteiger partial charge in [0.15, 0.2) is 0 Å². The first kappa shape index (κ1) is 17.0. The second-order valence-electron chi connectivity index (χ2n) is 5.44. The van der Waals surface area contributed by atoms with Crippen LogP contribution in [0.5, 0.6) is 5.75 Å². The minimum Gasteiger partial charge on any atom is -0.489 e. The molecule has 0 radical (unpaired) electrons. The fraction of sp³-hybridized carbons (Fsp3) is 0.278. The molecule has 2 aromatic rings. The van der Waals surface area contributed by atoms with E-state index < -0.39 is 5.97 Å². The van der Waals surface area contributed by atoms with E-state index in [1.54, 1.807) is 12.1 Å². The number of hydrogen-bond acceptors (Lipinski definition) is 3. The number of carboxylic acid groups (broad SMARTS) is 1. The minimum atomic E-state index is -0.790. The summed E-state index contributed by atoms with van der Waals surface area (Å²) in [4.78, 5) is 12.5. The van der Waals surface area contributed by atoms with Crippen LogP contribution in [0, 0.1) is 5.82 Å². The molecule has 0 atom stereocenters. The molecule has 1 N–H and O–H groups in total. The number of carbonyl (C=O) groups is 1. The van der Waals surface area contributed by atoms with Crippen molar-refractivity contribution < 1.29 is 19.0 Å². The lowest BCUT2D eigenvalue weighted by Crippen LogP contribution is -2.21. The van der Waals surface area contributed by atoms with Crippen LogP contribution in [0.15, 0.2) is 48.5 Å². The second kappa shape index (κ2) is 8.29. The van der Waals surface area contributed by atoms with E-state index >= 15 is 0 Å². The lowest BCUT2D eigenvalue weighted by atomic mass is 10.2.